The molecule has 0 aromatic heterocycles. The molecule has 0 amide bonds. The van der Waals surface area contributed by atoms with Gasteiger partial charge in [0.2, 0.25) is 0 Å². The first-order valence-corrected chi connectivity index (χ1v) is 5.87. The summed E-state index contributed by atoms with van der Waals surface area (Å²) < 4.78 is 18.2. The Morgan fingerprint density at radius 2 is 1.88 bits per heavy atom. The Balaban J connectivity index is 2.47. The summed E-state index contributed by atoms with van der Waals surface area (Å²) >= 11 is 11.7. The molecule has 90 valence electrons. The Bertz CT molecular complexity index is 324. The number of rotatable bonds is 6. The van der Waals surface area contributed by atoms with Gasteiger partial charge in [0.15, 0.2) is 0 Å². The normalized spacial score (nSPS) is 10.5. The molecular weight excluding hydrogens is 252 g/mol. The van der Waals surface area contributed by atoms with E-state index in [1.54, 1.807) is 0 Å². The van der Waals surface area contributed by atoms with E-state index >= 15 is 0 Å². The van der Waals surface area contributed by atoms with Crippen molar-refractivity contribution in [3.05, 3.63) is 28.0 Å². The molecule has 0 saturated carbocycles. The second-order valence-corrected chi connectivity index (χ2v) is 4.10. The van der Waals surface area contributed by atoms with Gasteiger partial charge in [-0.1, -0.05) is 30.1 Å². The molecule has 0 fully saturated rings. The largest absolute Gasteiger partial charge is 0.380 e. The van der Waals surface area contributed by atoms with Crippen molar-refractivity contribution in [1.29, 1.82) is 0 Å². The van der Waals surface area contributed by atoms with Crippen LogP contribution in [0.15, 0.2) is 12.1 Å². The molecule has 0 aliphatic carbocycles. The van der Waals surface area contributed by atoms with E-state index in [2.05, 4.69) is 5.32 Å². The van der Waals surface area contributed by atoms with Crippen molar-refractivity contribution in [2.45, 2.75) is 13.3 Å². The summed E-state index contributed by atoms with van der Waals surface area (Å²) in [7, 11) is 0. The molecule has 0 heterocycles. The molecule has 5 heteroatoms. The molecule has 0 bridgehead atoms. The van der Waals surface area contributed by atoms with Crippen molar-refractivity contribution < 1.29 is 9.13 Å². The third-order valence-electron chi connectivity index (χ3n) is 1.90. The first kappa shape index (κ1) is 13.6. The minimum atomic E-state index is -0.442. The number of ether oxygens (including phenoxy) is 1. The maximum Gasteiger partial charge on any atom is 0.126 e. The lowest BCUT2D eigenvalue weighted by atomic mass is 10.3. The molecule has 0 spiro atoms. The molecule has 0 radical (unpaired) electrons. The van der Waals surface area contributed by atoms with Crippen LogP contribution in [-0.4, -0.2) is 19.8 Å². The van der Waals surface area contributed by atoms with Gasteiger partial charge in [-0.15, -0.1) is 0 Å². The fourth-order valence-corrected chi connectivity index (χ4v) is 1.80. The molecule has 0 aliphatic rings. The summed E-state index contributed by atoms with van der Waals surface area (Å²) in [5.41, 5.74) is 0.546. The Morgan fingerprint density at radius 3 is 2.44 bits per heavy atom. The van der Waals surface area contributed by atoms with Crippen LogP contribution in [0.25, 0.3) is 0 Å². The molecule has 1 aromatic carbocycles. The second kappa shape index (κ2) is 6.94. The van der Waals surface area contributed by atoms with Gasteiger partial charge in [0, 0.05) is 13.2 Å². The summed E-state index contributed by atoms with van der Waals surface area (Å²) in [6.45, 7) is 3.93. The van der Waals surface area contributed by atoms with Crippen molar-refractivity contribution in [3.8, 4) is 0 Å². The first-order chi connectivity index (χ1) is 7.65. The zero-order valence-corrected chi connectivity index (χ0v) is 10.5. The fourth-order valence-electron chi connectivity index (χ4n) is 1.21. The molecule has 0 aliphatic heterocycles. The molecule has 1 N–H and O–H groups in total. The molecule has 16 heavy (non-hydrogen) atoms. The van der Waals surface area contributed by atoms with Crippen molar-refractivity contribution >= 4 is 28.9 Å². The molecule has 1 rings (SSSR count). The topological polar surface area (TPSA) is 21.3 Å². The van der Waals surface area contributed by atoms with Crippen LogP contribution in [0.4, 0.5) is 10.1 Å². The van der Waals surface area contributed by atoms with Crippen molar-refractivity contribution in [2.24, 2.45) is 0 Å². The van der Waals surface area contributed by atoms with Gasteiger partial charge in [0.05, 0.1) is 22.3 Å². The van der Waals surface area contributed by atoms with Crippen LogP contribution >= 0.6 is 23.2 Å². The van der Waals surface area contributed by atoms with Crippen molar-refractivity contribution in [1.82, 2.24) is 0 Å². The van der Waals surface area contributed by atoms with Gasteiger partial charge in [-0.3, -0.25) is 0 Å². The van der Waals surface area contributed by atoms with E-state index in [0.29, 0.717) is 18.8 Å². The molecule has 0 saturated heterocycles. The average molecular weight is 266 g/mol. The lowest BCUT2D eigenvalue weighted by Crippen LogP contribution is -2.10. The zero-order valence-electron chi connectivity index (χ0n) is 9.03. The van der Waals surface area contributed by atoms with E-state index in [9.17, 15) is 4.39 Å². The number of hydrogen-bond donors (Lipinski definition) is 1. The standard InChI is InChI=1S/C11H14Cl2FNO/c1-2-4-16-5-3-15-11-9(12)6-8(14)7-10(11)13/h6-7,15H,2-5H2,1H3. The molecule has 2 nitrogen and oxygen atoms in total. The molecular formula is C11H14Cl2FNO. The maximum absolute atomic E-state index is 12.9. The van der Waals surface area contributed by atoms with E-state index in [4.69, 9.17) is 27.9 Å². The van der Waals surface area contributed by atoms with Crippen LogP contribution in [0.1, 0.15) is 13.3 Å². The molecule has 0 atom stereocenters. The van der Waals surface area contributed by atoms with E-state index in [1.807, 2.05) is 6.92 Å². The first-order valence-electron chi connectivity index (χ1n) is 5.11. The highest BCUT2D eigenvalue weighted by atomic mass is 35.5. The van der Waals surface area contributed by atoms with Crippen LogP contribution in [-0.2, 0) is 4.74 Å². The zero-order chi connectivity index (χ0) is 12.0. The monoisotopic (exact) mass is 265 g/mol. The third-order valence-corrected chi connectivity index (χ3v) is 2.50. The van der Waals surface area contributed by atoms with Crippen LogP contribution in [0.3, 0.4) is 0 Å². The number of nitrogens with one attached hydrogen (secondary N) is 1. The Labute approximate surface area is 105 Å². The highest BCUT2D eigenvalue weighted by molar-refractivity contribution is 6.39. The summed E-state index contributed by atoms with van der Waals surface area (Å²) in [5, 5.41) is 3.57. The van der Waals surface area contributed by atoms with E-state index in [1.165, 1.54) is 12.1 Å². The summed E-state index contributed by atoms with van der Waals surface area (Å²) in [6, 6.07) is 2.45. The third kappa shape index (κ3) is 4.16. The van der Waals surface area contributed by atoms with E-state index in [-0.39, 0.29) is 10.0 Å². The van der Waals surface area contributed by atoms with Gasteiger partial charge < -0.3 is 10.1 Å². The van der Waals surface area contributed by atoms with E-state index < -0.39 is 5.82 Å². The highest BCUT2D eigenvalue weighted by Gasteiger charge is 2.07. The smallest absolute Gasteiger partial charge is 0.126 e. The van der Waals surface area contributed by atoms with Crippen LogP contribution < -0.4 is 5.32 Å². The predicted octanol–water partition coefficient (Wildman–Crippen LogP) is 3.97. The minimum Gasteiger partial charge on any atom is -0.380 e. The number of hydrogen-bond acceptors (Lipinski definition) is 2. The Morgan fingerprint density at radius 1 is 1.25 bits per heavy atom. The highest BCUT2D eigenvalue weighted by Crippen LogP contribution is 2.30. The summed E-state index contributed by atoms with van der Waals surface area (Å²) in [4.78, 5) is 0. The average Bonchev–Trinajstić information content (AvgIpc) is 2.20. The van der Waals surface area contributed by atoms with Crippen LogP contribution in [0, 0.1) is 5.82 Å². The molecule has 0 unspecified atom stereocenters. The Kier molecular flexibility index (Phi) is 5.88. The van der Waals surface area contributed by atoms with Gasteiger partial charge in [0.25, 0.3) is 0 Å². The fraction of sp³-hybridized carbons (Fsp3) is 0.455. The number of benzene rings is 1. The van der Waals surface area contributed by atoms with Gasteiger partial charge in [-0.2, -0.15) is 0 Å². The molecule has 1 aromatic rings. The lowest BCUT2D eigenvalue weighted by molar-refractivity contribution is 0.144. The lowest BCUT2D eigenvalue weighted by Gasteiger charge is -2.10. The van der Waals surface area contributed by atoms with Gasteiger partial charge >= 0.3 is 0 Å². The Hall–Kier alpha value is -0.510. The quantitative estimate of drug-likeness (QED) is 0.786. The predicted molar refractivity (Wildman–Crippen MR) is 66.0 cm³/mol. The van der Waals surface area contributed by atoms with Crippen LogP contribution in [0.5, 0.6) is 0 Å². The summed E-state index contributed by atoms with van der Waals surface area (Å²) in [6.07, 6.45) is 0.984. The van der Waals surface area contributed by atoms with E-state index in [0.717, 1.165) is 13.0 Å². The van der Waals surface area contributed by atoms with Crippen molar-refractivity contribution in [2.75, 3.05) is 25.1 Å². The minimum absolute atomic E-state index is 0.278. The second-order valence-electron chi connectivity index (χ2n) is 3.28. The van der Waals surface area contributed by atoms with Gasteiger partial charge in [0.1, 0.15) is 5.82 Å². The van der Waals surface area contributed by atoms with Crippen molar-refractivity contribution in [3.63, 3.8) is 0 Å². The number of halogens is 3. The summed E-state index contributed by atoms with van der Waals surface area (Å²) in [5.74, 6) is -0.442. The maximum atomic E-state index is 12.9. The van der Waals surface area contributed by atoms with Crippen LogP contribution in [0.2, 0.25) is 10.0 Å². The van der Waals surface area contributed by atoms with Gasteiger partial charge in [-0.05, 0) is 18.6 Å². The van der Waals surface area contributed by atoms with Gasteiger partial charge in [-0.25, -0.2) is 4.39 Å². The number of anilines is 1. The SMILES string of the molecule is CCCOCCNc1c(Cl)cc(F)cc1Cl.